The molecule has 4 heteroatoms. The Labute approximate surface area is 108 Å². The molecule has 1 rings (SSSR count). The Balaban J connectivity index is 2.77. The summed E-state index contributed by atoms with van der Waals surface area (Å²) in [5.74, 6) is -0.410. The van der Waals surface area contributed by atoms with E-state index >= 15 is 0 Å². The van der Waals surface area contributed by atoms with Crippen LogP contribution in [-0.4, -0.2) is 24.3 Å². The maximum Gasteiger partial charge on any atom is 0.128 e. The van der Waals surface area contributed by atoms with Gasteiger partial charge in [0.05, 0.1) is 0 Å². The molecule has 1 aromatic rings. The normalized spacial score (nSPS) is 11.9. The van der Waals surface area contributed by atoms with Crippen molar-refractivity contribution in [1.82, 2.24) is 4.90 Å². The highest BCUT2D eigenvalue weighted by molar-refractivity contribution is 5.94. The molecule has 0 aliphatic rings. The van der Waals surface area contributed by atoms with Crippen molar-refractivity contribution in [1.29, 1.82) is 5.41 Å². The zero-order chi connectivity index (χ0) is 13.9. The predicted octanol–water partition coefficient (Wildman–Crippen LogP) is 2.59. The summed E-state index contributed by atoms with van der Waals surface area (Å²) in [7, 11) is 1.98. The molecule has 0 aliphatic heterocycles. The van der Waals surface area contributed by atoms with Gasteiger partial charge < -0.3 is 10.6 Å². The number of rotatable bonds is 4. The second kappa shape index (κ2) is 5.48. The van der Waals surface area contributed by atoms with Crippen LogP contribution in [0.5, 0.6) is 0 Å². The summed E-state index contributed by atoms with van der Waals surface area (Å²) in [6.07, 6.45) is 0. The number of amidine groups is 1. The first-order chi connectivity index (χ1) is 8.19. The van der Waals surface area contributed by atoms with Gasteiger partial charge in [0.2, 0.25) is 0 Å². The Hall–Kier alpha value is -1.42. The summed E-state index contributed by atoms with van der Waals surface area (Å²) >= 11 is 0. The van der Waals surface area contributed by atoms with E-state index < -0.39 is 0 Å². The molecule has 0 unspecified atom stereocenters. The number of halogens is 1. The van der Waals surface area contributed by atoms with Crippen molar-refractivity contribution in [2.45, 2.75) is 27.3 Å². The molecule has 18 heavy (non-hydrogen) atoms. The average molecular weight is 251 g/mol. The van der Waals surface area contributed by atoms with Gasteiger partial charge in [0.1, 0.15) is 11.7 Å². The maximum atomic E-state index is 13.8. The Morgan fingerprint density at radius 1 is 1.39 bits per heavy atom. The molecule has 0 radical (unpaired) electrons. The third-order valence-corrected chi connectivity index (χ3v) is 2.55. The Kier molecular flexibility index (Phi) is 4.46. The summed E-state index contributed by atoms with van der Waals surface area (Å²) in [4.78, 5) is 2.09. The lowest BCUT2D eigenvalue weighted by molar-refractivity contribution is 0.218. The van der Waals surface area contributed by atoms with Crippen LogP contribution >= 0.6 is 0 Å². The fraction of sp³-hybridized carbons (Fsp3) is 0.500. The van der Waals surface area contributed by atoms with Crippen LogP contribution in [-0.2, 0) is 6.54 Å². The standard InChI is InChI=1S/C14H22FN3/c1-14(2,3)9-18(4)8-11-6-5-10(13(16)17)7-12(11)15/h5-7H,8-9H2,1-4H3,(H3,16,17). The summed E-state index contributed by atoms with van der Waals surface area (Å²) in [5, 5.41) is 7.26. The van der Waals surface area contributed by atoms with E-state index in [4.69, 9.17) is 11.1 Å². The van der Waals surface area contributed by atoms with Crippen LogP contribution in [0.2, 0.25) is 0 Å². The molecule has 3 nitrogen and oxygen atoms in total. The lowest BCUT2D eigenvalue weighted by Crippen LogP contribution is -2.29. The maximum absolute atomic E-state index is 13.8. The van der Waals surface area contributed by atoms with Gasteiger partial charge in [0.15, 0.2) is 0 Å². The summed E-state index contributed by atoms with van der Waals surface area (Å²) in [6.45, 7) is 7.90. The number of benzene rings is 1. The minimum atomic E-state index is -0.302. The largest absolute Gasteiger partial charge is 0.384 e. The van der Waals surface area contributed by atoms with Gasteiger partial charge in [-0.25, -0.2) is 4.39 Å². The third-order valence-electron chi connectivity index (χ3n) is 2.55. The molecule has 0 saturated heterocycles. The number of nitrogen functional groups attached to an aromatic ring is 1. The lowest BCUT2D eigenvalue weighted by Gasteiger charge is -2.26. The number of hydrogen-bond donors (Lipinski definition) is 2. The Morgan fingerprint density at radius 2 is 2.00 bits per heavy atom. The highest BCUT2D eigenvalue weighted by atomic mass is 19.1. The second-order valence-electron chi connectivity index (χ2n) is 5.95. The van der Waals surface area contributed by atoms with Gasteiger partial charge in [-0.1, -0.05) is 32.9 Å². The van der Waals surface area contributed by atoms with Crippen molar-refractivity contribution < 1.29 is 4.39 Å². The van der Waals surface area contributed by atoms with E-state index in [1.165, 1.54) is 6.07 Å². The zero-order valence-corrected chi connectivity index (χ0v) is 11.5. The summed E-state index contributed by atoms with van der Waals surface area (Å²) < 4.78 is 13.8. The first-order valence-electron chi connectivity index (χ1n) is 6.00. The summed E-state index contributed by atoms with van der Waals surface area (Å²) in [6, 6.07) is 4.71. The van der Waals surface area contributed by atoms with E-state index in [1.807, 2.05) is 7.05 Å². The minimum absolute atomic E-state index is 0.108. The van der Waals surface area contributed by atoms with Crippen LogP contribution in [0, 0.1) is 16.6 Å². The molecule has 0 atom stereocenters. The Bertz CT molecular complexity index is 435. The van der Waals surface area contributed by atoms with Crippen molar-refractivity contribution in [3.05, 3.63) is 35.1 Å². The molecular weight excluding hydrogens is 229 g/mol. The zero-order valence-electron chi connectivity index (χ0n) is 11.5. The highest BCUT2D eigenvalue weighted by Gasteiger charge is 2.15. The van der Waals surface area contributed by atoms with E-state index in [0.717, 1.165) is 6.54 Å². The van der Waals surface area contributed by atoms with Crippen LogP contribution in [0.15, 0.2) is 18.2 Å². The molecule has 0 aliphatic carbocycles. The first-order valence-corrected chi connectivity index (χ1v) is 6.00. The summed E-state index contributed by atoms with van der Waals surface area (Å²) in [5.41, 5.74) is 6.57. The fourth-order valence-corrected chi connectivity index (χ4v) is 2.00. The number of nitrogens with zero attached hydrogens (tertiary/aromatic N) is 1. The van der Waals surface area contributed by atoms with E-state index in [9.17, 15) is 4.39 Å². The topological polar surface area (TPSA) is 53.1 Å². The number of nitrogens with two attached hydrogens (primary N) is 1. The monoisotopic (exact) mass is 251 g/mol. The second-order valence-corrected chi connectivity index (χ2v) is 5.95. The molecule has 1 aromatic carbocycles. The highest BCUT2D eigenvalue weighted by Crippen LogP contribution is 2.17. The molecule has 100 valence electrons. The molecule has 0 aromatic heterocycles. The van der Waals surface area contributed by atoms with Crippen molar-refractivity contribution in [2.75, 3.05) is 13.6 Å². The van der Waals surface area contributed by atoms with Crippen LogP contribution in [0.4, 0.5) is 4.39 Å². The quantitative estimate of drug-likeness (QED) is 0.638. The predicted molar refractivity (Wildman–Crippen MR) is 73.2 cm³/mol. The van der Waals surface area contributed by atoms with Crippen LogP contribution < -0.4 is 5.73 Å². The number of hydrogen-bond acceptors (Lipinski definition) is 2. The molecule has 0 fully saturated rings. The van der Waals surface area contributed by atoms with Gasteiger partial charge in [0.25, 0.3) is 0 Å². The van der Waals surface area contributed by atoms with Crippen molar-refractivity contribution in [3.8, 4) is 0 Å². The SMILES string of the molecule is CN(Cc1ccc(C(=N)N)cc1F)CC(C)(C)C. The minimum Gasteiger partial charge on any atom is -0.384 e. The third kappa shape index (κ3) is 4.45. The van der Waals surface area contributed by atoms with Gasteiger partial charge in [0, 0.05) is 24.2 Å². The van der Waals surface area contributed by atoms with Crippen molar-refractivity contribution in [3.63, 3.8) is 0 Å². The van der Waals surface area contributed by atoms with E-state index in [0.29, 0.717) is 17.7 Å². The molecular formula is C14H22FN3. The smallest absolute Gasteiger partial charge is 0.128 e. The first kappa shape index (κ1) is 14.6. The van der Waals surface area contributed by atoms with Crippen LogP contribution in [0.1, 0.15) is 31.9 Å². The molecule has 0 saturated carbocycles. The van der Waals surface area contributed by atoms with Gasteiger partial charge in [-0.05, 0) is 18.5 Å². The van der Waals surface area contributed by atoms with Crippen molar-refractivity contribution >= 4 is 5.84 Å². The molecule has 0 spiro atoms. The van der Waals surface area contributed by atoms with Crippen molar-refractivity contribution in [2.24, 2.45) is 11.1 Å². The van der Waals surface area contributed by atoms with Gasteiger partial charge in [-0.2, -0.15) is 0 Å². The number of nitrogens with one attached hydrogen (secondary N) is 1. The molecule has 0 bridgehead atoms. The lowest BCUT2D eigenvalue weighted by atomic mass is 9.96. The molecule has 3 N–H and O–H groups in total. The molecule has 0 heterocycles. The Morgan fingerprint density at radius 3 is 2.44 bits per heavy atom. The van der Waals surface area contributed by atoms with E-state index in [-0.39, 0.29) is 17.1 Å². The van der Waals surface area contributed by atoms with Gasteiger partial charge >= 0.3 is 0 Å². The van der Waals surface area contributed by atoms with Gasteiger partial charge in [-0.15, -0.1) is 0 Å². The van der Waals surface area contributed by atoms with Crippen LogP contribution in [0.25, 0.3) is 0 Å². The fourth-order valence-electron chi connectivity index (χ4n) is 2.00. The van der Waals surface area contributed by atoms with E-state index in [1.54, 1.807) is 12.1 Å². The molecule has 0 amide bonds. The van der Waals surface area contributed by atoms with Crippen LogP contribution in [0.3, 0.4) is 0 Å². The van der Waals surface area contributed by atoms with Gasteiger partial charge in [-0.3, -0.25) is 5.41 Å². The average Bonchev–Trinajstić information content (AvgIpc) is 2.17. The van der Waals surface area contributed by atoms with E-state index in [2.05, 4.69) is 25.7 Å².